The Bertz CT molecular complexity index is 67.3. The lowest BCUT2D eigenvalue weighted by molar-refractivity contribution is -0.0423. The van der Waals surface area contributed by atoms with Crippen molar-refractivity contribution in [1.82, 2.24) is 0 Å². The van der Waals surface area contributed by atoms with Crippen molar-refractivity contribution in [2.75, 3.05) is 6.54 Å². The molecule has 0 aromatic carbocycles. The van der Waals surface area contributed by atoms with Crippen LogP contribution in [0.25, 0.3) is 0 Å². The standard InChI is InChI=1S/C5H13NO2/c1-5(2,8)4(7)3-6/h4,7-8H,3,6H2,1-2H3/t4-/m1/s1. The lowest BCUT2D eigenvalue weighted by Crippen LogP contribution is -2.41. The van der Waals surface area contributed by atoms with Crippen LogP contribution in [0.2, 0.25) is 0 Å². The Kier molecular flexibility index (Phi) is 2.40. The van der Waals surface area contributed by atoms with Crippen molar-refractivity contribution in [2.24, 2.45) is 5.73 Å². The predicted octanol–water partition coefficient (Wildman–Crippen LogP) is -0.923. The number of nitrogens with two attached hydrogens (primary N) is 1. The Morgan fingerprint density at radius 1 is 1.62 bits per heavy atom. The maximum Gasteiger partial charge on any atom is 0.0943 e. The van der Waals surface area contributed by atoms with Gasteiger partial charge in [0.1, 0.15) is 0 Å². The molecular weight excluding hydrogens is 106 g/mol. The SMILES string of the molecule is CC(C)(O)[C@H](O)CN. The molecule has 1 atom stereocenters. The van der Waals surface area contributed by atoms with E-state index < -0.39 is 11.7 Å². The molecule has 3 nitrogen and oxygen atoms in total. The lowest BCUT2D eigenvalue weighted by Gasteiger charge is -2.22. The zero-order valence-corrected chi connectivity index (χ0v) is 5.26. The Hall–Kier alpha value is -0.120. The summed E-state index contributed by atoms with van der Waals surface area (Å²) in [6, 6.07) is 0. The van der Waals surface area contributed by atoms with E-state index in [0.717, 1.165) is 0 Å². The van der Waals surface area contributed by atoms with Crippen LogP contribution in [0.15, 0.2) is 0 Å². The van der Waals surface area contributed by atoms with Crippen LogP contribution < -0.4 is 5.73 Å². The van der Waals surface area contributed by atoms with Gasteiger partial charge in [0.15, 0.2) is 0 Å². The summed E-state index contributed by atoms with van der Waals surface area (Å²) in [5.41, 5.74) is 3.99. The van der Waals surface area contributed by atoms with E-state index in [9.17, 15) is 0 Å². The summed E-state index contributed by atoms with van der Waals surface area (Å²) in [5, 5.41) is 17.8. The van der Waals surface area contributed by atoms with Gasteiger partial charge in [0.25, 0.3) is 0 Å². The molecule has 0 amide bonds. The topological polar surface area (TPSA) is 66.5 Å². The van der Waals surface area contributed by atoms with Crippen LogP contribution in [-0.4, -0.2) is 28.5 Å². The van der Waals surface area contributed by atoms with Gasteiger partial charge in [-0.25, -0.2) is 0 Å². The lowest BCUT2D eigenvalue weighted by atomic mass is 10.0. The quantitative estimate of drug-likeness (QED) is 0.440. The Morgan fingerprint density at radius 3 is 2.00 bits per heavy atom. The van der Waals surface area contributed by atoms with Crippen LogP contribution >= 0.6 is 0 Å². The largest absolute Gasteiger partial charge is 0.389 e. The minimum absolute atomic E-state index is 0.101. The van der Waals surface area contributed by atoms with Crippen LogP contribution in [0, 0.1) is 0 Å². The van der Waals surface area contributed by atoms with E-state index in [1.165, 1.54) is 13.8 Å². The van der Waals surface area contributed by atoms with E-state index >= 15 is 0 Å². The second-order valence-electron chi connectivity index (χ2n) is 2.41. The van der Waals surface area contributed by atoms with Gasteiger partial charge in [0, 0.05) is 6.54 Å². The third-order valence-corrected chi connectivity index (χ3v) is 1.04. The highest BCUT2D eigenvalue weighted by Crippen LogP contribution is 2.05. The molecule has 0 bridgehead atoms. The van der Waals surface area contributed by atoms with Gasteiger partial charge in [-0.15, -0.1) is 0 Å². The Morgan fingerprint density at radius 2 is 2.00 bits per heavy atom. The highest BCUT2D eigenvalue weighted by Gasteiger charge is 2.21. The molecule has 0 fully saturated rings. The summed E-state index contributed by atoms with van der Waals surface area (Å²) in [7, 11) is 0. The predicted molar refractivity (Wildman–Crippen MR) is 31.4 cm³/mol. The first-order valence-corrected chi connectivity index (χ1v) is 2.59. The van der Waals surface area contributed by atoms with Crippen LogP contribution in [0.1, 0.15) is 13.8 Å². The van der Waals surface area contributed by atoms with E-state index in [1.807, 2.05) is 0 Å². The average molecular weight is 119 g/mol. The molecule has 0 spiro atoms. The minimum Gasteiger partial charge on any atom is -0.389 e. The molecule has 0 unspecified atom stereocenters. The van der Waals surface area contributed by atoms with Crippen LogP contribution in [0.5, 0.6) is 0 Å². The van der Waals surface area contributed by atoms with Crippen molar-refractivity contribution in [1.29, 1.82) is 0 Å². The minimum atomic E-state index is -1.06. The summed E-state index contributed by atoms with van der Waals surface area (Å²) in [4.78, 5) is 0. The van der Waals surface area contributed by atoms with Gasteiger partial charge in [-0.1, -0.05) is 0 Å². The third kappa shape index (κ3) is 2.26. The molecule has 0 aromatic heterocycles. The van der Waals surface area contributed by atoms with Gasteiger partial charge < -0.3 is 15.9 Å². The van der Waals surface area contributed by atoms with Crippen molar-refractivity contribution in [3.63, 3.8) is 0 Å². The van der Waals surface area contributed by atoms with E-state index in [-0.39, 0.29) is 6.54 Å². The first-order valence-electron chi connectivity index (χ1n) is 2.59. The Balaban J connectivity index is 3.62. The van der Waals surface area contributed by atoms with E-state index in [4.69, 9.17) is 15.9 Å². The average Bonchev–Trinajstić information content (AvgIpc) is 1.62. The van der Waals surface area contributed by atoms with Gasteiger partial charge >= 0.3 is 0 Å². The maximum absolute atomic E-state index is 8.96. The second kappa shape index (κ2) is 2.44. The summed E-state index contributed by atoms with van der Waals surface area (Å²) < 4.78 is 0. The van der Waals surface area contributed by atoms with Crippen LogP contribution in [0.4, 0.5) is 0 Å². The molecule has 0 radical (unpaired) electrons. The van der Waals surface area contributed by atoms with Gasteiger partial charge in [-0.05, 0) is 13.8 Å². The molecular formula is C5H13NO2. The fourth-order valence-electron chi connectivity index (χ4n) is 0.288. The van der Waals surface area contributed by atoms with Crippen molar-refractivity contribution >= 4 is 0 Å². The van der Waals surface area contributed by atoms with Gasteiger partial charge in [-0.2, -0.15) is 0 Å². The third-order valence-electron chi connectivity index (χ3n) is 1.04. The number of aliphatic hydroxyl groups is 2. The number of hydrogen-bond donors (Lipinski definition) is 3. The van der Waals surface area contributed by atoms with Gasteiger partial charge in [0.2, 0.25) is 0 Å². The molecule has 0 saturated heterocycles. The van der Waals surface area contributed by atoms with E-state index in [2.05, 4.69) is 0 Å². The summed E-state index contributed by atoms with van der Waals surface area (Å²) in [6.07, 6.45) is -0.817. The zero-order valence-electron chi connectivity index (χ0n) is 5.26. The molecule has 0 aromatic rings. The molecule has 0 aliphatic heterocycles. The van der Waals surface area contributed by atoms with Gasteiger partial charge in [0.05, 0.1) is 11.7 Å². The molecule has 3 heteroatoms. The van der Waals surface area contributed by atoms with Crippen molar-refractivity contribution in [3.05, 3.63) is 0 Å². The molecule has 0 heterocycles. The van der Waals surface area contributed by atoms with E-state index in [0.29, 0.717) is 0 Å². The first-order chi connectivity index (χ1) is 3.48. The molecule has 8 heavy (non-hydrogen) atoms. The maximum atomic E-state index is 8.96. The van der Waals surface area contributed by atoms with Crippen LogP contribution in [-0.2, 0) is 0 Å². The highest BCUT2D eigenvalue weighted by atomic mass is 16.3. The zero-order chi connectivity index (χ0) is 6.78. The summed E-state index contributed by atoms with van der Waals surface area (Å²) in [6.45, 7) is 3.14. The molecule has 0 rings (SSSR count). The van der Waals surface area contributed by atoms with Crippen LogP contribution in [0.3, 0.4) is 0 Å². The molecule has 0 aliphatic carbocycles. The summed E-state index contributed by atoms with van der Waals surface area (Å²) in [5.74, 6) is 0. The number of rotatable bonds is 2. The van der Waals surface area contributed by atoms with Crippen molar-refractivity contribution in [2.45, 2.75) is 25.6 Å². The molecule has 50 valence electrons. The van der Waals surface area contributed by atoms with Crippen molar-refractivity contribution < 1.29 is 10.2 Å². The highest BCUT2D eigenvalue weighted by molar-refractivity contribution is 4.75. The number of hydrogen-bond acceptors (Lipinski definition) is 3. The smallest absolute Gasteiger partial charge is 0.0943 e. The van der Waals surface area contributed by atoms with Crippen molar-refractivity contribution in [3.8, 4) is 0 Å². The number of aliphatic hydroxyl groups excluding tert-OH is 1. The normalized spacial score (nSPS) is 16.1. The molecule has 0 saturated carbocycles. The molecule has 4 N–H and O–H groups in total. The monoisotopic (exact) mass is 119 g/mol. The fraction of sp³-hybridized carbons (Fsp3) is 1.00. The van der Waals surface area contributed by atoms with E-state index in [1.54, 1.807) is 0 Å². The molecule has 0 aliphatic rings. The second-order valence-corrected chi connectivity index (χ2v) is 2.41. The summed E-state index contributed by atoms with van der Waals surface area (Å²) >= 11 is 0. The van der Waals surface area contributed by atoms with Gasteiger partial charge in [-0.3, -0.25) is 0 Å². The first kappa shape index (κ1) is 7.88. The Labute approximate surface area is 49.1 Å². The fourth-order valence-corrected chi connectivity index (χ4v) is 0.288.